The summed E-state index contributed by atoms with van der Waals surface area (Å²) in [6.45, 7) is 2.59. The van der Waals surface area contributed by atoms with Crippen molar-refractivity contribution >= 4 is 17.5 Å². The highest BCUT2D eigenvalue weighted by molar-refractivity contribution is 6.31. The first kappa shape index (κ1) is 14.3. The molecule has 19 heavy (non-hydrogen) atoms. The topological polar surface area (TPSA) is 32.3 Å². The zero-order chi connectivity index (χ0) is 13.8. The first-order valence-electron chi connectivity index (χ1n) is 6.50. The van der Waals surface area contributed by atoms with Gasteiger partial charge in [0.25, 0.3) is 5.91 Å². The number of nitrogens with zero attached hydrogens (tertiary/aromatic N) is 1. The largest absolute Gasteiger partial charge is 0.341 e. The van der Waals surface area contributed by atoms with E-state index in [1.165, 1.54) is 12.1 Å². The standard InChI is InChI=1S/C14H18ClFN2O/c1-18(9-10-4-3-7-17-8-10)14(19)11-5-2-6-12(15)13(11)16/h2,5-6,10,17H,3-4,7-9H2,1H3. The minimum absolute atomic E-state index is 0.0152. The molecule has 0 radical (unpaired) electrons. The minimum atomic E-state index is -0.636. The van der Waals surface area contributed by atoms with Crippen LogP contribution in [-0.4, -0.2) is 37.5 Å². The number of hydrogen-bond donors (Lipinski definition) is 1. The number of piperidine rings is 1. The number of nitrogens with one attached hydrogen (secondary N) is 1. The zero-order valence-electron chi connectivity index (χ0n) is 11.0. The van der Waals surface area contributed by atoms with Gasteiger partial charge < -0.3 is 10.2 Å². The molecule has 1 aromatic carbocycles. The van der Waals surface area contributed by atoms with Crippen molar-refractivity contribution in [1.29, 1.82) is 0 Å². The van der Waals surface area contributed by atoms with Crippen LogP contribution in [0.5, 0.6) is 0 Å². The van der Waals surface area contributed by atoms with Crippen molar-refractivity contribution in [2.24, 2.45) is 5.92 Å². The molecule has 1 atom stereocenters. The van der Waals surface area contributed by atoms with Gasteiger partial charge in [-0.3, -0.25) is 4.79 Å². The van der Waals surface area contributed by atoms with Crippen LogP contribution in [-0.2, 0) is 0 Å². The zero-order valence-corrected chi connectivity index (χ0v) is 11.7. The van der Waals surface area contributed by atoms with E-state index in [9.17, 15) is 9.18 Å². The van der Waals surface area contributed by atoms with Gasteiger partial charge in [0.15, 0.2) is 5.82 Å². The number of halogens is 2. The third-order valence-corrected chi connectivity index (χ3v) is 3.75. The molecule has 3 nitrogen and oxygen atoms in total. The Balaban J connectivity index is 2.03. The van der Waals surface area contributed by atoms with E-state index in [0.29, 0.717) is 12.5 Å². The monoisotopic (exact) mass is 284 g/mol. The second-order valence-corrected chi connectivity index (χ2v) is 5.41. The van der Waals surface area contributed by atoms with Crippen LogP contribution >= 0.6 is 11.6 Å². The van der Waals surface area contributed by atoms with Gasteiger partial charge in [-0.05, 0) is 44.0 Å². The molecule has 1 N–H and O–H groups in total. The summed E-state index contributed by atoms with van der Waals surface area (Å²) in [5, 5.41) is 3.29. The Hall–Kier alpha value is -1.13. The van der Waals surface area contributed by atoms with Crippen molar-refractivity contribution in [3.63, 3.8) is 0 Å². The molecule has 1 aliphatic heterocycles. The Morgan fingerprint density at radius 1 is 1.58 bits per heavy atom. The number of carbonyl (C=O) groups excluding carboxylic acids is 1. The first-order valence-corrected chi connectivity index (χ1v) is 6.87. The van der Waals surface area contributed by atoms with E-state index >= 15 is 0 Å². The van der Waals surface area contributed by atoms with Crippen LogP contribution < -0.4 is 5.32 Å². The Kier molecular flexibility index (Phi) is 4.77. The van der Waals surface area contributed by atoms with E-state index in [1.54, 1.807) is 18.0 Å². The predicted octanol–water partition coefficient (Wildman–Crippen LogP) is 2.55. The molecule has 2 rings (SSSR count). The van der Waals surface area contributed by atoms with Crippen molar-refractivity contribution in [1.82, 2.24) is 10.2 Å². The first-order chi connectivity index (χ1) is 9.09. The average molecular weight is 285 g/mol. The second-order valence-electron chi connectivity index (χ2n) is 5.00. The smallest absolute Gasteiger partial charge is 0.256 e. The molecule has 0 aliphatic carbocycles. The number of carbonyl (C=O) groups is 1. The van der Waals surface area contributed by atoms with Crippen molar-refractivity contribution in [2.45, 2.75) is 12.8 Å². The van der Waals surface area contributed by atoms with Gasteiger partial charge >= 0.3 is 0 Å². The maximum Gasteiger partial charge on any atom is 0.256 e. The molecule has 1 saturated heterocycles. The van der Waals surface area contributed by atoms with Gasteiger partial charge in [0.05, 0.1) is 10.6 Å². The normalized spacial score (nSPS) is 19.2. The lowest BCUT2D eigenvalue weighted by atomic mass is 9.99. The van der Waals surface area contributed by atoms with Crippen molar-refractivity contribution in [3.05, 3.63) is 34.6 Å². The second kappa shape index (κ2) is 6.35. The molecular formula is C14H18ClFN2O. The highest BCUT2D eigenvalue weighted by Crippen LogP contribution is 2.20. The van der Waals surface area contributed by atoms with Crippen molar-refractivity contribution < 1.29 is 9.18 Å². The molecule has 1 aromatic rings. The molecule has 1 fully saturated rings. The van der Waals surface area contributed by atoms with E-state index in [0.717, 1.165) is 25.9 Å². The fourth-order valence-corrected chi connectivity index (χ4v) is 2.60. The quantitative estimate of drug-likeness (QED) is 0.925. The van der Waals surface area contributed by atoms with Gasteiger partial charge in [0, 0.05) is 13.6 Å². The summed E-state index contributed by atoms with van der Waals surface area (Å²) in [5.41, 5.74) is 0.0405. The maximum absolute atomic E-state index is 13.8. The number of benzene rings is 1. The molecule has 1 aliphatic rings. The summed E-state index contributed by atoms with van der Waals surface area (Å²) in [6.07, 6.45) is 2.22. The van der Waals surface area contributed by atoms with E-state index in [-0.39, 0.29) is 16.5 Å². The summed E-state index contributed by atoms with van der Waals surface area (Å²) in [6, 6.07) is 4.51. The van der Waals surface area contributed by atoms with Gasteiger partial charge in [-0.25, -0.2) is 4.39 Å². The van der Waals surface area contributed by atoms with Gasteiger partial charge in [-0.1, -0.05) is 17.7 Å². The van der Waals surface area contributed by atoms with Crippen molar-refractivity contribution in [3.8, 4) is 0 Å². The van der Waals surface area contributed by atoms with E-state index < -0.39 is 5.82 Å². The van der Waals surface area contributed by atoms with Gasteiger partial charge in [-0.2, -0.15) is 0 Å². The fraction of sp³-hybridized carbons (Fsp3) is 0.500. The lowest BCUT2D eigenvalue weighted by molar-refractivity contribution is 0.0760. The number of rotatable bonds is 3. The lowest BCUT2D eigenvalue weighted by Crippen LogP contribution is -2.39. The predicted molar refractivity (Wildman–Crippen MR) is 74.0 cm³/mol. The van der Waals surface area contributed by atoms with Crippen LogP contribution in [0.15, 0.2) is 18.2 Å². The van der Waals surface area contributed by atoms with Crippen LogP contribution in [0.3, 0.4) is 0 Å². The third-order valence-electron chi connectivity index (χ3n) is 3.46. The Morgan fingerprint density at radius 3 is 3.05 bits per heavy atom. The molecule has 1 heterocycles. The molecule has 0 spiro atoms. The van der Waals surface area contributed by atoms with Crippen molar-refractivity contribution in [2.75, 3.05) is 26.7 Å². The molecular weight excluding hydrogens is 267 g/mol. The third kappa shape index (κ3) is 3.45. The lowest BCUT2D eigenvalue weighted by Gasteiger charge is -2.27. The summed E-state index contributed by atoms with van der Waals surface area (Å²) in [4.78, 5) is 13.8. The SMILES string of the molecule is CN(CC1CCCNC1)C(=O)c1cccc(Cl)c1F. The summed E-state index contributed by atoms with van der Waals surface area (Å²) in [5.74, 6) is -0.515. The van der Waals surface area contributed by atoms with Crippen LogP contribution in [0.1, 0.15) is 23.2 Å². The average Bonchev–Trinajstić information content (AvgIpc) is 2.42. The molecule has 1 unspecified atom stereocenters. The fourth-order valence-electron chi connectivity index (χ4n) is 2.42. The van der Waals surface area contributed by atoms with E-state index in [2.05, 4.69) is 5.32 Å². The molecule has 1 amide bonds. The van der Waals surface area contributed by atoms with Crippen LogP contribution in [0, 0.1) is 11.7 Å². The van der Waals surface area contributed by atoms with E-state index in [4.69, 9.17) is 11.6 Å². The maximum atomic E-state index is 13.8. The van der Waals surface area contributed by atoms with Gasteiger partial charge in [-0.15, -0.1) is 0 Å². The minimum Gasteiger partial charge on any atom is -0.341 e. The summed E-state index contributed by atoms with van der Waals surface area (Å²) < 4.78 is 13.8. The number of amides is 1. The number of hydrogen-bond acceptors (Lipinski definition) is 2. The van der Waals surface area contributed by atoms with Gasteiger partial charge in [0.1, 0.15) is 0 Å². The Morgan fingerprint density at radius 2 is 2.37 bits per heavy atom. The Bertz CT molecular complexity index is 461. The molecule has 104 valence electrons. The van der Waals surface area contributed by atoms with Gasteiger partial charge in [0.2, 0.25) is 0 Å². The Labute approximate surface area is 117 Å². The van der Waals surface area contributed by atoms with Crippen LogP contribution in [0.25, 0.3) is 0 Å². The van der Waals surface area contributed by atoms with Crippen LogP contribution in [0.4, 0.5) is 4.39 Å². The highest BCUT2D eigenvalue weighted by Gasteiger charge is 2.21. The van der Waals surface area contributed by atoms with E-state index in [1.807, 2.05) is 0 Å². The summed E-state index contributed by atoms with van der Waals surface area (Å²) in [7, 11) is 1.71. The highest BCUT2D eigenvalue weighted by atomic mass is 35.5. The summed E-state index contributed by atoms with van der Waals surface area (Å²) >= 11 is 5.70. The van der Waals surface area contributed by atoms with Crippen LogP contribution in [0.2, 0.25) is 5.02 Å². The molecule has 0 aromatic heterocycles. The molecule has 5 heteroatoms. The molecule has 0 saturated carbocycles. The molecule has 0 bridgehead atoms.